The Bertz CT molecular complexity index is 855. The number of benzene rings is 2. The molecule has 0 saturated heterocycles. The molecule has 0 bridgehead atoms. The van der Waals surface area contributed by atoms with Crippen LogP contribution in [0.3, 0.4) is 0 Å². The number of anilines is 2. The second-order valence-corrected chi connectivity index (χ2v) is 4.89. The number of nitrogen functional groups attached to an aromatic ring is 1. The number of hydrogen-bond acceptors (Lipinski definition) is 6. The Kier molecular flexibility index (Phi) is 2.56. The van der Waals surface area contributed by atoms with Crippen molar-refractivity contribution in [3.63, 3.8) is 0 Å². The smallest absolute Gasteiger partial charge is 0.351 e. The van der Waals surface area contributed by atoms with Gasteiger partial charge in [0.25, 0.3) is 0 Å². The van der Waals surface area contributed by atoms with Crippen LogP contribution in [0.2, 0.25) is 0 Å². The van der Waals surface area contributed by atoms with Crippen molar-refractivity contribution < 1.29 is 9.96 Å². The fraction of sp³-hybridized carbons (Fsp3) is 0. The van der Waals surface area contributed by atoms with Gasteiger partial charge in [-0.15, -0.1) is 5.23 Å². The molecule has 3 N–H and O–H groups in total. The molecule has 0 aliphatic carbocycles. The van der Waals surface area contributed by atoms with Crippen molar-refractivity contribution in [2.45, 2.75) is 0 Å². The molecule has 21 heavy (non-hydrogen) atoms. The summed E-state index contributed by atoms with van der Waals surface area (Å²) < 4.78 is 5.13. The third kappa shape index (κ3) is 1.83. The number of rotatable bonds is 1. The van der Waals surface area contributed by atoms with E-state index in [-0.39, 0.29) is 0 Å². The molecule has 102 valence electrons. The van der Waals surface area contributed by atoms with Gasteiger partial charge in [-0.05, 0) is 23.2 Å². The first-order valence-corrected chi connectivity index (χ1v) is 6.49. The first-order chi connectivity index (χ1) is 10.2. The minimum absolute atomic E-state index is 0.361. The molecule has 2 heterocycles. The van der Waals surface area contributed by atoms with Gasteiger partial charge in [0.15, 0.2) is 0 Å². The summed E-state index contributed by atoms with van der Waals surface area (Å²) in [6.07, 6.45) is 1.53. The molecule has 6 nitrogen and oxygen atoms in total. The second-order valence-electron chi connectivity index (χ2n) is 4.89. The molecule has 1 aliphatic heterocycles. The minimum atomic E-state index is 0.361. The summed E-state index contributed by atoms with van der Waals surface area (Å²) in [6, 6.07) is 11.5. The van der Waals surface area contributed by atoms with Gasteiger partial charge in [0.05, 0.1) is 23.1 Å². The van der Waals surface area contributed by atoms with Crippen LogP contribution in [0.4, 0.5) is 11.4 Å². The topological polar surface area (TPSA) is 84.5 Å². The molecule has 0 amide bonds. The summed E-state index contributed by atoms with van der Waals surface area (Å²) in [7, 11) is 0.361. The van der Waals surface area contributed by atoms with Crippen LogP contribution in [-0.4, -0.2) is 22.9 Å². The number of para-hydroxylation sites is 1. The lowest BCUT2D eigenvalue weighted by molar-refractivity contribution is 0.0633. The van der Waals surface area contributed by atoms with Crippen LogP contribution >= 0.6 is 0 Å². The summed E-state index contributed by atoms with van der Waals surface area (Å²) in [6.45, 7) is 0. The average molecular weight is 278 g/mol. The number of fused-ring (bicyclic) bond motifs is 2. The van der Waals surface area contributed by atoms with E-state index in [9.17, 15) is 5.21 Å². The summed E-state index contributed by atoms with van der Waals surface area (Å²) in [5, 5.41) is 19.5. The molecule has 0 unspecified atom stereocenters. The van der Waals surface area contributed by atoms with E-state index in [0.29, 0.717) is 24.4 Å². The predicted octanol–water partition coefficient (Wildman–Crippen LogP) is 0.997. The van der Waals surface area contributed by atoms with Gasteiger partial charge in [-0.25, -0.2) is 0 Å². The van der Waals surface area contributed by atoms with Gasteiger partial charge in [-0.1, -0.05) is 24.3 Å². The van der Waals surface area contributed by atoms with Crippen molar-refractivity contribution in [2.24, 2.45) is 0 Å². The Balaban J connectivity index is 1.94. The zero-order chi connectivity index (χ0) is 14.4. The van der Waals surface area contributed by atoms with E-state index >= 15 is 0 Å². The van der Waals surface area contributed by atoms with Crippen LogP contribution in [0.25, 0.3) is 22.0 Å². The van der Waals surface area contributed by atoms with Crippen molar-refractivity contribution in [1.29, 1.82) is 0 Å². The Morgan fingerprint density at radius 3 is 3.05 bits per heavy atom. The number of aromatic nitrogens is 2. The average Bonchev–Trinajstić information content (AvgIpc) is 2.89. The molecule has 0 fully saturated rings. The fourth-order valence-corrected chi connectivity index (χ4v) is 2.61. The molecular formula is C14H11BN4O2. The first kappa shape index (κ1) is 12.1. The molecule has 1 aromatic heterocycles. The first-order valence-electron chi connectivity index (χ1n) is 6.49. The highest BCUT2D eigenvalue weighted by atomic mass is 16.9. The van der Waals surface area contributed by atoms with Gasteiger partial charge in [0.1, 0.15) is 0 Å². The monoisotopic (exact) mass is 278 g/mol. The Morgan fingerprint density at radius 2 is 2.14 bits per heavy atom. The molecular weight excluding hydrogens is 267 g/mol. The molecule has 0 radical (unpaired) electrons. The lowest BCUT2D eigenvalue weighted by atomic mass is 9.85. The standard InChI is InChI=1S/C14H11BN4O2/c16-12-7-17-18-13-6-8(4-5-10(12)13)9-2-1-3-11-14(9)19(20)21-15-11/h1-7,15,20H,(H2,16,18). The molecule has 2 aromatic carbocycles. The van der Waals surface area contributed by atoms with E-state index in [0.717, 1.165) is 27.2 Å². The van der Waals surface area contributed by atoms with E-state index in [1.165, 1.54) is 6.20 Å². The van der Waals surface area contributed by atoms with Gasteiger partial charge in [-0.2, -0.15) is 10.2 Å². The molecule has 1 aliphatic rings. The van der Waals surface area contributed by atoms with Crippen LogP contribution in [0.15, 0.2) is 42.6 Å². The Morgan fingerprint density at radius 1 is 1.24 bits per heavy atom. The van der Waals surface area contributed by atoms with Crippen molar-refractivity contribution >= 4 is 35.2 Å². The van der Waals surface area contributed by atoms with Crippen LogP contribution < -0.4 is 16.4 Å². The number of nitrogens with two attached hydrogens (primary N) is 1. The summed E-state index contributed by atoms with van der Waals surface area (Å²) in [4.78, 5) is 0. The van der Waals surface area contributed by atoms with E-state index in [1.807, 2.05) is 36.4 Å². The summed E-state index contributed by atoms with van der Waals surface area (Å²) >= 11 is 0. The molecule has 0 spiro atoms. The van der Waals surface area contributed by atoms with Crippen LogP contribution in [-0.2, 0) is 4.76 Å². The normalized spacial score (nSPS) is 13.3. The second kappa shape index (κ2) is 4.44. The minimum Gasteiger partial charge on any atom is -0.397 e. The van der Waals surface area contributed by atoms with Crippen molar-refractivity contribution in [3.8, 4) is 11.1 Å². The maximum atomic E-state index is 9.84. The molecule has 0 atom stereocenters. The van der Waals surface area contributed by atoms with Crippen molar-refractivity contribution in [2.75, 3.05) is 11.0 Å². The molecule has 4 rings (SSSR count). The molecule has 7 heteroatoms. The number of hydrogen-bond donors (Lipinski definition) is 2. The van der Waals surface area contributed by atoms with E-state index in [2.05, 4.69) is 10.2 Å². The van der Waals surface area contributed by atoms with Gasteiger partial charge in [0.2, 0.25) is 0 Å². The molecule has 0 saturated carbocycles. The Hall–Kier alpha value is -2.64. The fourth-order valence-electron chi connectivity index (χ4n) is 2.61. The SMILES string of the molecule is Nc1cnnc2cc(-c3cccc4c3N(O)OB4)ccc12. The van der Waals surface area contributed by atoms with Gasteiger partial charge >= 0.3 is 7.48 Å². The van der Waals surface area contributed by atoms with Crippen LogP contribution in [0, 0.1) is 0 Å². The largest absolute Gasteiger partial charge is 0.397 e. The van der Waals surface area contributed by atoms with Crippen LogP contribution in [0.1, 0.15) is 0 Å². The maximum absolute atomic E-state index is 9.84. The van der Waals surface area contributed by atoms with Gasteiger partial charge < -0.3 is 10.5 Å². The van der Waals surface area contributed by atoms with Gasteiger partial charge in [0, 0.05) is 10.9 Å². The van der Waals surface area contributed by atoms with E-state index < -0.39 is 0 Å². The molecule has 3 aromatic rings. The third-order valence-electron chi connectivity index (χ3n) is 3.64. The highest BCUT2D eigenvalue weighted by molar-refractivity contribution is 6.52. The summed E-state index contributed by atoms with van der Waals surface area (Å²) in [5.74, 6) is 0. The van der Waals surface area contributed by atoms with E-state index in [1.54, 1.807) is 0 Å². The lowest BCUT2D eigenvalue weighted by Gasteiger charge is -2.14. The Labute approximate surface area is 121 Å². The quantitative estimate of drug-likeness (QED) is 0.646. The lowest BCUT2D eigenvalue weighted by Crippen LogP contribution is -2.13. The van der Waals surface area contributed by atoms with Gasteiger partial charge in [-0.3, -0.25) is 5.21 Å². The third-order valence-corrected chi connectivity index (χ3v) is 3.64. The maximum Gasteiger partial charge on any atom is 0.351 e. The zero-order valence-electron chi connectivity index (χ0n) is 11.0. The zero-order valence-corrected chi connectivity index (χ0v) is 11.0. The summed E-state index contributed by atoms with van der Waals surface area (Å²) in [5.41, 5.74) is 10.6. The van der Waals surface area contributed by atoms with E-state index in [4.69, 9.17) is 10.5 Å². The number of nitrogens with zero attached hydrogens (tertiary/aromatic N) is 3. The van der Waals surface area contributed by atoms with Crippen LogP contribution in [0.5, 0.6) is 0 Å². The highest BCUT2D eigenvalue weighted by Gasteiger charge is 2.24. The predicted molar refractivity (Wildman–Crippen MR) is 81.5 cm³/mol. The van der Waals surface area contributed by atoms with Crippen molar-refractivity contribution in [3.05, 3.63) is 42.6 Å². The van der Waals surface area contributed by atoms with Crippen molar-refractivity contribution in [1.82, 2.24) is 10.2 Å². The highest BCUT2D eigenvalue weighted by Crippen LogP contribution is 2.33.